The van der Waals surface area contributed by atoms with Crippen molar-refractivity contribution in [1.29, 1.82) is 0 Å². The van der Waals surface area contributed by atoms with Crippen LogP contribution in [-0.2, 0) is 14.3 Å². The van der Waals surface area contributed by atoms with Gasteiger partial charge in [-0.05, 0) is 49.4 Å². The van der Waals surface area contributed by atoms with Crippen LogP contribution in [0.5, 0.6) is 0 Å². The van der Waals surface area contributed by atoms with E-state index >= 15 is 0 Å². The molecule has 4 rings (SSSR count). The van der Waals surface area contributed by atoms with Gasteiger partial charge in [-0.3, -0.25) is 9.69 Å². The molecule has 7 heteroatoms. The highest BCUT2D eigenvalue weighted by Gasteiger charge is 2.38. The van der Waals surface area contributed by atoms with Gasteiger partial charge in [0.2, 0.25) is 5.91 Å². The highest BCUT2D eigenvalue weighted by atomic mass is 16.5. The van der Waals surface area contributed by atoms with Gasteiger partial charge in [-0.25, -0.2) is 9.59 Å². The number of carbonyl (C=O) groups excluding carboxylic acids is 3. The summed E-state index contributed by atoms with van der Waals surface area (Å²) in [5.41, 5.74) is 3.08. The minimum atomic E-state index is -0.713. The van der Waals surface area contributed by atoms with Crippen LogP contribution in [0.15, 0.2) is 60.2 Å². The number of hydrogen-bond acceptors (Lipinski definition) is 4. The van der Waals surface area contributed by atoms with E-state index in [1.807, 2.05) is 54.6 Å². The Hall–Kier alpha value is -3.61. The molecule has 3 amide bonds. The third-order valence-electron chi connectivity index (χ3n) is 6.57. The summed E-state index contributed by atoms with van der Waals surface area (Å²) < 4.78 is 5.48. The third-order valence-corrected chi connectivity index (χ3v) is 6.57. The van der Waals surface area contributed by atoms with E-state index in [0.29, 0.717) is 29.1 Å². The summed E-state index contributed by atoms with van der Waals surface area (Å²) in [5, 5.41) is 6.01. The molecule has 0 spiro atoms. The molecule has 0 saturated heterocycles. The molecule has 0 bridgehead atoms. The highest BCUT2D eigenvalue weighted by Crippen LogP contribution is 2.37. The van der Waals surface area contributed by atoms with Crippen molar-refractivity contribution in [1.82, 2.24) is 10.2 Å². The van der Waals surface area contributed by atoms with Crippen molar-refractivity contribution in [3.63, 3.8) is 0 Å². The van der Waals surface area contributed by atoms with Crippen LogP contribution in [-0.4, -0.2) is 36.0 Å². The first-order valence-electron chi connectivity index (χ1n) is 12.5. The monoisotopic (exact) mass is 475 g/mol. The van der Waals surface area contributed by atoms with Gasteiger partial charge in [-0.2, -0.15) is 0 Å². The Morgan fingerprint density at radius 1 is 1.09 bits per heavy atom. The molecule has 2 aromatic rings. The van der Waals surface area contributed by atoms with Crippen LogP contribution in [0.25, 0.3) is 5.70 Å². The average Bonchev–Trinajstić information content (AvgIpc) is 2.82. The van der Waals surface area contributed by atoms with E-state index < -0.39 is 12.0 Å². The lowest BCUT2D eigenvalue weighted by molar-refractivity contribution is -0.139. The van der Waals surface area contributed by atoms with Crippen molar-refractivity contribution >= 4 is 29.3 Å². The number of anilines is 1. The van der Waals surface area contributed by atoms with Crippen LogP contribution in [0.3, 0.4) is 0 Å². The number of hydrogen-bond donors (Lipinski definition) is 2. The number of rotatable bonds is 9. The maximum Gasteiger partial charge on any atom is 0.338 e. The lowest BCUT2D eigenvalue weighted by Crippen LogP contribution is -2.48. The van der Waals surface area contributed by atoms with Crippen LogP contribution in [0, 0.1) is 5.92 Å². The van der Waals surface area contributed by atoms with Crippen LogP contribution < -0.4 is 10.6 Å². The Kier molecular flexibility index (Phi) is 7.85. The molecule has 0 aromatic heterocycles. The zero-order valence-electron chi connectivity index (χ0n) is 20.4. The number of benzene rings is 2. The van der Waals surface area contributed by atoms with Gasteiger partial charge in [0.05, 0.1) is 23.9 Å². The van der Waals surface area contributed by atoms with Gasteiger partial charge in [0.25, 0.3) is 0 Å². The molecular formula is C28H33N3O4. The van der Waals surface area contributed by atoms with Crippen molar-refractivity contribution in [2.45, 2.75) is 52.0 Å². The minimum absolute atomic E-state index is 0.0120. The second-order valence-electron chi connectivity index (χ2n) is 8.98. The standard InChI is InChI=1S/C28H33N3O4/c1-3-5-17-31-25(19-11-7-6-8-12-19)23(27(33)35-4-2)24(30-28(31)34)21-15-10-16-22(18-21)29-26(32)20-13-9-14-20/h6-8,10-12,15-16,18,20,24H,3-5,9,13-14,17H2,1-2H3,(H,29,32)(H,30,34)/t24-/m1/s1. The quantitative estimate of drug-likeness (QED) is 0.484. The van der Waals surface area contributed by atoms with E-state index in [2.05, 4.69) is 17.6 Å². The van der Waals surface area contributed by atoms with Gasteiger partial charge in [0.1, 0.15) is 0 Å². The Morgan fingerprint density at radius 3 is 2.51 bits per heavy atom. The van der Waals surface area contributed by atoms with Gasteiger partial charge in [0, 0.05) is 18.2 Å². The number of esters is 1. The van der Waals surface area contributed by atoms with E-state index in [0.717, 1.165) is 37.7 Å². The first kappa shape index (κ1) is 24.5. The Labute approximate surface area is 206 Å². The maximum absolute atomic E-state index is 13.4. The first-order chi connectivity index (χ1) is 17.0. The number of ether oxygens (including phenoxy) is 1. The van der Waals surface area contributed by atoms with Crippen molar-refractivity contribution in [3.05, 3.63) is 71.3 Å². The van der Waals surface area contributed by atoms with E-state index in [1.54, 1.807) is 11.8 Å². The van der Waals surface area contributed by atoms with E-state index in [9.17, 15) is 14.4 Å². The molecule has 1 aliphatic carbocycles. The molecule has 1 aliphatic heterocycles. The van der Waals surface area contributed by atoms with Crippen molar-refractivity contribution in [2.75, 3.05) is 18.5 Å². The van der Waals surface area contributed by atoms with Crippen LogP contribution in [0.1, 0.15) is 63.1 Å². The third kappa shape index (κ3) is 5.39. The molecule has 1 atom stereocenters. The lowest BCUT2D eigenvalue weighted by Gasteiger charge is -2.37. The van der Waals surface area contributed by atoms with Crippen LogP contribution in [0.4, 0.5) is 10.5 Å². The molecule has 184 valence electrons. The molecule has 1 heterocycles. The Balaban J connectivity index is 1.79. The molecule has 7 nitrogen and oxygen atoms in total. The van der Waals surface area contributed by atoms with Crippen LogP contribution >= 0.6 is 0 Å². The Morgan fingerprint density at radius 2 is 1.86 bits per heavy atom. The van der Waals surface area contributed by atoms with E-state index in [4.69, 9.17) is 4.74 Å². The molecule has 2 aromatic carbocycles. The fraction of sp³-hybridized carbons (Fsp3) is 0.393. The number of nitrogens with one attached hydrogen (secondary N) is 2. The summed E-state index contributed by atoms with van der Waals surface area (Å²) in [4.78, 5) is 40.9. The predicted molar refractivity (Wildman–Crippen MR) is 135 cm³/mol. The first-order valence-corrected chi connectivity index (χ1v) is 12.5. The van der Waals surface area contributed by atoms with Crippen LogP contribution in [0.2, 0.25) is 0 Å². The van der Waals surface area contributed by atoms with Gasteiger partial charge in [-0.1, -0.05) is 62.2 Å². The molecular weight excluding hydrogens is 442 g/mol. The molecule has 2 aliphatic rings. The minimum Gasteiger partial charge on any atom is -0.463 e. The second kappa shape index (κ2) is 11.2. The fourth-order valence-electron chi connectivity index (χ4n) is 4.48. The fourth-order valence-corrected chi connectivity index (χ4v) is 4.48. The molecule has 2 N–H and O–H groups in total. The summed E-state index contributed by atoms with van der Waals surface area (Å²) in [5.74, 6) is -0.403. The summed E-state index contributed by atoms with van der Waals surface area (Å²) in [6.07, 6.45) is 4.61. The molecule has 0 unspecified atom stereocenters. The number of amides is 3. The van der Waals surface area contributed by atoms with E-state index in [1.165, 1.54) is 0 Å². The highest BCUT2D eigenvalue weighted by molar-refractivity contribution is 6.04. The van der Waals surface area contributed by atoms with Gasteiger partial charge in [0.15, 0.2) is 0 Å². The summed E-state index contributed by atoms with van der Waals surface area (Å²) in [7, 11) is 0. The molecule has 35 heavy (non-hydrogen) atoms. The SMILES string of the molecule is CCCCN1C(=O)N[C@H](c2cccc(NC(=O)C3CCC3)c2)C(C(=O)OCC)=C1c1ccccc1. The predicted octanol–water partition coefficient (Wildman–Crippen LogP) is 5.27. The smallest absolute Gasteiger partial charge is 0.338 e. The zero-order valence-corrected chi connectivity index (χ0v) is 20.4. The Bertz CT molecular complexity index is 1110. The van der Waals surface area contributed by atoms with Crippen molar-refractivity contribution < 1.29 is 19.1 Å². The summed E-state index contributed by atoms with van der Waals surface area (Å²) in [6.45, 7) is 4.53. The van der Waals surface area contributed by atoms with E-state index in [-0.39, 0.29) is 24.5 Å². The van der Waals surface area contributed by atoms with Gasteiger partial charge < -0.3 is 15.4 Å². The maximum atomic E-state index is 13.4. The summed E-state index contributed by atoms with van der Waals surface area (Å²) >= 11 is 0. The summed E-state index contributed by atoms with van der Waals surface area (Å²) in [6, 6.07) is 15.8. The van der Waals surface area contributed by atoms with Gasteiger partial charge >= 0.3 is 12.0 Å². The largest absolute Gasteiger partial charge is 0.463 e. The molecule has 1 saturated carbocycles. The topological polar surface area (TPSA) is 87.7 Å². The zero-order chi connectivity index (χ0) is 24.8. The number of nitrogens with zero attached hydrogens (tertiary/aromatic N) is 1. The normalized spacial score (nSPS) is 18.1. The number of urea groups is 1. The number of unbranched alkanes of at least 4 members (excludes halogenated alkanes) is 1. The van der Waals surface area contributed by atoms with Crippen molar-refractivity contribution in [2.24, 2.45) is 5.92 Å². The lowest BCUT2D eigenvalue weighted by atomic mass is 9.85. The number of carbonyl (C=O) groups is 3. The average molecular weight is 476 g/mol. The molecule has 1 fully saturated rings. The molecule has 0 radical (unpaired) electrons. The second-order valence-corrected chi connectivity index (χ2v) is 8.98. The van der Waals surface area contributed by atoms with Crippen molar-refractivity contribution in [3.8, 4) is 0 Å². The van der Waals surface area contributed by atoms with Gasteiger partial charge in [-0.15, -0.1) is 0 Å².